The maximum absolute atomic E-state index is 3.61. The first-order valence-electron chi connectivity index (χ1n) is 6.27. The van der Waals surface area contributed by atoms with Crippen molar-refractivity contribution in [1.29, 1.82) is 0 Å². The summed E-state index contributed by atoms with van der Waals surface area (Å²) in [7, 11) is 0. The van der Waals surface area contributed by atoms with Gasteiger partial charge in [0.15, 0.2) is 0 Å². The van der Waals surface area contributed by atoms with Crippen molar-refractivity contribution in [2.45, 2.75) is 32.6 Å². The molecule has 2 unspecified atom stereocenters. The van der Waals surface area contributed by atoms with Crippen molar-refractivity contribution in [2.75, 3.05) is 26.2 Å². The van der Waals surface area contributed by atoms with Crippen LogP contribution in [0.5, 0.6) is 0 Å². The monoisotopic (exact) mass is 196 g/mol. The van der Waals surface area contributed by atoms with Gasteiger partial charge in [-0.3, -0.25) is 0 Å². The summed E-state index contributed by atoms with van der Waals surface area (Å²) < 4.78 is 0. The molecule has 0 aromatic carbocycles. The van der Waals surface area contributed by atoms with E-state index >= 15 is 0 Å². The third-order valence-corrected chi connectivity index (χ3v) is 3.78. The van der Waals surface area contributed by atoms with Crippen LogP contribution in [0, 0.1) is 17.8 Å². The van der Waals surface area contributed by atoms with E-state index in [1.807, 2.05) is 0 Å². The van der Waals surface area contributed by atoms with Gasteiger partial charge in [-0.05, 0) is 69.6 Å². The second-order valence-corrected chi connectivity index (χ2v) is 5.17. The summed E-state index contributed by atoms with van der Waals surface area (Å²) in [5.41, 5.74) is 0. The minimum absolute atomic E-state index is 0.914. The van der Waals surface area contributed by atoms with Gasteiger partial charge in [0, 0.05) is 0 Å². The van der Waals surface area contributed by atoms with E-state index in [2.05, 4.69) is 17.6 Å². The highest BCUT2D eigenvalue weighted by Gasteiger charge is 2.27. The van der Waals surface area contributed by atoms with Crippen LogP contribution in [-0.2, 0) is 0 Å². The van der Waals surface area contributed by atoms with Gasteiger partial charge >= 0.3 is 0 Å². The van der Waals surface area contributed by atoms with Crippen LogP contribution in [0.1, 0.15) is 32.6 Å². The molecule has 1 heterocycles. The molecular weight excluding hydrogens is 172 g/mol. The minimum Gasteiger partial charge on any atom is -0.316 e. The molecule has 2 fully saturated rings. The Balaban J connectivity index is 1.46. The fourth-order valence-electron chi connectivity index (χ4n) is 2.43. The average molecular weight is 196 g/mol. The number of nitrogens with one attached hydrogen (secondary N) is 2. The summed E-state index contributed by atoms with van der Waals surface area (Å²) in [5, 5.41) is 7.03. The Hall–Kier alpha value is -0.0800. The van der Waals surface area contributed by atoms with Gasteiger partial charge < -0.3 is 10.6 Å². The van der Waals surface area contributed by atoms with Crippen molar-refractivity contribution in [1.82, 2.24) is 10.6 Å². The molecule has 0 spiro atoms. The average Bonchev–Trinajstić information content (AvgIpc) is 2.92. The Morgan fingerprint density at radius 2 is 2.21 bits per heavy atom. The van der Waals surface area contributed by atoms with E-state index in [1.165, 1.54) is 51.9 Å². The summed E-state index contributed by atoms with van der Waals surface area (Å²) in [5.74, 6) is 2.91. The van der Waals surface area contributed by atoms with Gasteiger partial charge in [0.25, 0.3) is 0 Å². The van der Waals surface area contributed by atoms with Crippen LogP contribution >= 0.6 is 0 Å². The molecule has 1 aliphatic carbocycles. The maximum atomic E-state index is 3.61. The normalized spacial score (nSPS) is 29.4. The topological polar surface area (TPSA) is 24.1 Å². The van der Waals surface area contributed by atoms with Crippen molar-refractivity contribution >= 4 is 0 Å². The summed E-state index contributed by atoms with van der Waals surface area (Å²) in [6.07, 6.45) is 5.72. The lowest BCUT2D eigenvalue weighted by atomic mass is 10.0. The highest BCUT2D eigenvalue weighted by molar-refractivity contribution is 4.80. The number of hydrogen-bond donors (Lipinski definition) is 2. The van der Waals surface area contributed by atoms with E-state index in [0.717, 1.165) is 17.8 Å². The third-order valence-electron chi connectivity index (χ3n) is 3.78. The van der Waals surface area contributed by atoms with Crippen molar-refractivity contribution in [3.05, 3.63) is 0 Å². The molecule has 0 amide bonds. The van der Waals surface area contributed by atoms with Crippen LogP contribution in [0.2, 0.25) is 0 Å². The zero-order chi connectivity index (χ0) is 9.80. The smallest absolute Gasteiger partial charge is 0.00196 e. The van der Waals surface area contributed by atoms with E-state index in [4.69, 9.17) is 0 Å². The standard InChI is InChI=1S/C12H24N2/c1-10(12-2-3-12)8-13-6-4-11-5-7-14-9-11/h10-14H,2-9H2,1H3. The first-order valence-corrected chi connectivity index (χ1v) is 6.27. The molecule has 0 radical (unpaired) electrons. The molecule has 2 N–H and O–H groups in total. The first kappa shape index (κ1) is 10.4. The molecule has 1 aliphatic heterocycles. The van der Waals surface area contributed by atoms with Gasteiger partial charge in [-0.15, -0.1) is 0 Å². The lowest BCUT2D eigenvalue weighted by molar-refractivity contribution is 0.434. The molecule has 0 aromatic rings. The maximum Gasteiger partial charge on any atom is -0.00196 e. The molecular formula is C12H24N2. The van der Waals surface area contributed by atoms with Crippen LogP contribution in [0.25, 0.3) is 0 Å². The predicted molar refractivity (Wildman–Crippen MR) is 60.4 cm³/mol. The molecule has 2 rings (SSSR count). The van der Waals surface area contributed by atoms with Gasteiger partial charge in [0.1, 0.15) is 0 Å². The van der Waals surface area contributed by atoms with Crippen molar-refractivity contribution < 1.29 is 0 Å². The largest absolute Gasteiger partial charge is 0.316 e. The Labute approximate surface area is 87.8 Å². The molecule has 1 saturated heterocycles. The van der Waals surface area contributed by atoms with Gasteiger partial charge in [-0.1, -0.05) is 6.92 Å². The van der Waals surface area contributed by atoms with Crippen LogP contribution in [0.15, 0.2) is 0 Å². The zero-order valence-electron chi connectivity index (χ0n) is 9.39. The fraction of sp³-hybridized carbons (Fsp3) is 1.00. The SMILES string of the molecule is CC(CNCCC1CCNC1)C1CC1. The van der Waals surface area contributed by atoms with Gasteiger partial charge in [-0.2, -0.15) is 0 Å². The van der Waals surface area contributed by atoms with Gasteiger partial charge in [-0.25, -0.2) is 0 Å². The summed E-state index contributed by atoms with van der Waals surface area (Å²) >= 11 is 0. The molecule has 2 nitrogen and oxygen atoms in total. The molecule has 82 valence electrons. The number of hydrogen-bond acceptors (Lipinski definition) is 2. The van der Waals surface area contributed by atoms with Gasteiger partial charge in [0.2, 0.25) is 0 Å². The molecule has 2 heteroatoms. The second kappa shape index (κ2) is 5.13. The Kier molecular flexibility index (Phi) is 3.82. The molecule has 2 atom stereocenters. The molecule has 0 bridgehead atoms. The minimum atomic E-state index is 0.914. The van der Waals surface area contributed by atoms with Gasteiger partial charge in [0.05, 0.1) is 0 Å². The molecule has 0 aromatic heterocycles. The van der Waals surface area contributed by atoms with Crippen molar-refractivity contribution in [3.8, 4) is 0 Å². The van der Waals surface area contributed by atoms with E-state index in [-0.39, 0.29) is 0 Å². The highest BCUT2D eigenvalue weighted by atomic mass is 14.9. The summed E-state index contributed by atoms with van der Waals surface area (Å²) in [6.45, 7) is 7.35. The first-order chi connectivity index (χ1) is 6.86. The van der Waals surface area contributed by atoms with E-state index < -0.39 is 0 Å². The van der Waals surface area contributed by atoms with Crippen LogP contribution in [-0.4, -0.2) is 26.2 Å². The van der Waals surface area contributed by atoms with Crippen molar-refractivity contribution in [2.24, 2.45) is 17.8 Å². The fourth-order valence-corrected chi connectivity index (χ4v) is 2.43. The molecule has 1 saturated carbocycles. The van der Waals surface area contributed by atoms with E-state index in [9.17, 15) is 0 Å². The summed E-state index contributed by atoms with van der Waals surface area (Å²) in [4.78, 5) is 0. The van der Waals surface area contributed by atoms with E-state index in [0.29, 0.717) is 0 Å². The lowest BCUT2D eigenvalue weighted by Crippen LogP contribution is -2.25. The van der Waals surface area contributed by atoms with Crippen LogP contribution in [0.3, 0.4) is 0 Å². The van der Waals surface area contributed by atoms with Crippen LogP contribution in [0.4, 0.5) is 0 Å². The van der Waals surface area contributed by atoms with Crippen molar-refractivity contribution in [3.63, 3.8) is 0 Å². The predicted octanol–water partition coefficient (Wildman–Crippen LogP) is 1.62. The third kappa shape index (κ3) is 3.25. The van der Waals surface area contributed by atoms with Crippen LogP contribution < -0.4 is 10.6 Å². The lowest BCUT2D eigenvalue weighted by Gasteiger charge is -2.13. The Morgan fingerprint density at radius 3 is 2.86 bits per heavy atom. The highest BCUT2D eigenvalue weighted by Crippen LogP contribution is 2.36. The quantitative estimate of drug-likeness (QED) is 0.631. The van der Waals surface area contributed by atoms with E-state index in [1.54, 1.807) is 0 Å². The Morgan fingerprint density at radius 1 is 1.36 bits per heavy atom. The second-order valence-electron chi connectivity index (χ2n) is 5.17. The summed E-state index contributed by atoms with van der Waals surface area (Å²) in [6, 6.07) is 0. The number of rotatable bonds is 6. The Bertz CT molecular complexity index is 156. The molecule has 14 heavy (non-hydrogen) atoms. The zero-order valence-corrected chi connectivity index (χ0v) is 9.39. The molecule has 2 aliphatic rings.